The van der Waals surface area contributed by atoms with Crippen LogP contribution in [0.15, 0.2) is 0 Å². The first-order valence-electron chi connectivity index (χ1n) is 9.34. The van der Waals surface area contributed by atoms with E-state index in [1.807, 2.05) is 25.7 Å². The van der Waals surface area contributed by atoms with Gasteiger partial charge in [-0.2, -0.15) is 0 Å². The molecule has 2 fully saturated rings. The maximum atomic E-state index is 12.3. The van der Waals surface area contributed by atoms with Crippen molar-refractivity contribution in [1.29, 1.82) is 0 Å². The molecule has 0 aromatic rings. The minimum Gasteiger partial charge on any atom is -0.444 e. The molecule has 0 aromatic carbocycles. The van der Waals surface area contributed by atoms with Gasteiger partial charge in [0.25, 0.3) is 0 Å². The first-order chi connectivity index (χ1) is 10.6. The Labute approximate surface area is 142 Å². The van der Waals surface area contributed by atoms with E-state index in [1.54, 1.807) is 0 Å². The Morgan fingerprint density at radius 2 is 1.91 bits per heavy atom. The number of rotatable bonds is 2. The van der Waals surface area contributed by atoms with Gasteiger partial charge in [-0.25, -0.2) is 4.79 Å². The molecular formula is C19H36N2O2. The fourth-order valence-electron chi connectivity index (χ4n) is 4.00. The van der Waals surface area contributed by atoms with E-state index in [0.717, 1.165) is 19.4 Å². The molecule has 2 rings (SSSR count). The van der Waals surface area contributed by atoms with E-state index in [2.05, 4.69) is 26.1 Å². The van der Waals surface area contributed by atoms with Gasteiger partial charge in [0.2, 0.25) is 0 Å². The van der Waals surface area contributed by atoms with Crippen molar-refractivity contribution < 1.29 is 9.53 Å². The molecule has 0 radical (unpaired) electrons. The van der Waals surface area contributed by atoms with Crippen LogP contribution in [0.25, 0.3) is 0 Å². The summed E-state index contributed by atoms with van der Waals surface area (Å²) in [6.45, 7) is 13.5. The molecular weight excluding hydrogens is 288 g/mol. The predicted molar refractivity (Wildman–Crippen MR) is 94.6 cm³/mol. The van der Waals surface area contributed by atoms with Crippen LogP contribution >= 0.6 is 0 Å². The molecule has 4 nitrogen and oxygen atoms in total. The zero-order chi connectivity index (χ0) is 17.3. The van der Waals surface area contributed by atoms with Crippen molar-refractivity contribution in [3.05, 3.63) is 0 Å². The van der Waals surface area contributed by atoms with Gasteiger partial charge in [0.1, 0.15) is 5.60 Å². The third kappa shape index (κ3) is 5.10. The average Bonchev–Trinajstić information content (AvgIpc) is 2.39. The van der Waals surface area contributed by atoms with E-state index in [1.165, 1.54) is 25.7 Å². The molecule has 134 valence electrons. The molecule has 4 heteroatoms. The summed E-state index contributed by atoms with van der Waals surface area (Å²) in [6, 6.07) is 1.37. The second kappa shape index (κ2) is 7.00. The van der Waals surface area contributed by atoms with E-state index in [4.69, 9.17) is 4.74 Å². The number of carbonyl (C=O) groups is 1. The van der Waals surface area contributed by atoms with Crippen molar-refractivity contribution in [2.24, 2.45) is 5.41 Å². The normalized spacial score (nSPS) is 31.7. The molecule has 3 atom stereocenters. The van der Waals surface area contributed by atoms with Crippen molar-refractivity contribution >= 4 is 6.09 Å². The highest BCUT2D eigenvalue weighted by Gasteiger charge is 2.36. The molecule has 2 aliphatic rings. The Hall–Kier alpha value is -0.770. The lowest BCUT2D eigenvalue weighted by atomic mass is 9.73. The topological polar surface area (TPSA) is 41.6 Å². The van der Waals surface area contributed by atoms with Crippen molar-refractivity contribution in [2.45, 2.75) is 104 Å². The number of hydrogen-bond donors (Lipinski definition) is 1. The second-order valence-corrected chi connectivity index (χ2v) is 9.20. The fourth-order valence-corrected chi connectivity index (χ4v) is 4.00. The number of nitrogens with zero attached hydrogens (tertiary/aromatic N) is 1. The Bertz CT molecular complexity index is 414. The maximum absolute atomic E-state index is 12.3. The summed E-state index contributed by atoms with van der Waals surface area (Å²) in [7, 11) is 0. The van der Waals surface area contributed by atoms with Gasteiger partial charge in [-0.3, -0.25) is 0 Å². The molecule has 3 unspecified atom stereocenters. The summed E-state index contributed by atoms with van der Waals surface area (Å²) in [5.41, 5.74) is -0.0260. The quantitative estimate of drug-likeness (QED) is 0.822. The highest BCUT2D eigenvalue weighted by atomic mass is 16.6. The molecule has 1 amide bonds. The summed E-state index contributed by atoms with van der Waals surface area (Å²) in [6.07, 6.45) is 7.18. The smallest absolute Gasteiger partial charge is 0.410 e. The minimum absolute atomic E-state index is 0.165. The van der Waals surface area contributed by atoms with Gasteiger partial charge < -0.3 is 15.0 Å². The third-order valence-corrected chi connectivity index (χ3v) is 5.45. The zero-order valence-electron chi connectivity index (χ0n) is 15.9. The van der Waals surface area contributed by atoms with Crippen molar-refractivity contribution in [2.75, 3.05) is 6.54 Å². The monoisotopic (exact) mass is 324 g/mol. The standard InChI is InChI=1S/C19H36N2O2/c1-14-13-15(20-16-9-7-8-11-19(16,5)6)10-12-21(14)17(22)23-18(2,3)4/h14-16,20H,7-13H2,1-6H3. The van der Waals surface area contributed by atoms with E-state index < -0.39 is 5.60 Å². The van der Waals surface area contributed by atoms with Gasteiger partial charge in [-0.15, -0.1) is 0 Å². The van der Waals surface area contributed by atoms with E-state index in [0.29, 0.717) is 17.5 Å². The van der Waals surface area contributed by atoms with Crippen LogP contribution in [0.3, 0.4) is 0 Å². The van der Waals surface area contributed by atoms with Gasteiger partial charge >= 0.3 is 6.09 Å². The number of ether oxygens (including phenoxy) is 1. The average molecular weight is 325 g/mol. The highest BCUT2D eigenvalue weighted by Crippen LogP contribution is 2.36. The first-order valence-corrected chi connectivity index (χ1v) is 9.34. The van der Waals surface area contributed by atoms with E-state index >= 15 is 0 Å². The van der Waals surface area contributed by atoms with E-state index in [-0.39, 0.29) is 12.1 Å². The number of nitrogens with one attached hydrogen (secondary N) is 1. The number of carbonyl (C=O) groups excluding carboxylic acids is 1. The van der Waals surface area contributed by atoms with Crippen LogP contribution in [0, 0.1) is 5.41 Å². The van der Waals surface area contributed by atoms with Crippen LogP contribution in [0.1, 0.15) is 80.1 Å². The van der Waals surface area contributed by atoms with Gasteiger partial charge in [0, 0.05) is 24.7 Å². The molecule has 1 heterocycles. The molecule has 0 spiro atoms. The molecule has 1 saturated heterocycles. The lowest BCUT2D eigenvalue weighted by Crippen LogP contribution is -2.55. The zero-order valence-corrected chi connectivity index (χ0v) is 15.9. The first kappa shape index (κ1) is 18.6. The highest BCUT2D eigenvalue weighted by molar-refractivity contribution is 5.68. The van der Waals surface area contributed by atoms with Gasteiger partial charge in [0.15, 0.2) is 0 Å². The molecule has 1 aliphatic carbocycles. The summed E-state index contributed by atoms with van der Waals surface area (Å²) >= 11 is 0. The van der Waals surface area contributed by atoms with Gasteiger partial charge in [-0.1, -0.05) is 26.7 Å². The van der Waals surface area contributed by atoms with Crippen LogP contribution in [0.5, 0.6) is 0 Å². The summed E-state index contributed by atoms with van der Waals surface area (Å²) in [5.74, 6) is 0. The van der Waals surface area contributed by atoms with Gasteiger partial charge in [0.05, 0.1) is 0 Å². The maximum Gasteiger partial charge on any atom is 0.410 e. The predicted octanol–water partition coefficient (Wildman–Crippen LogP) is 4.33. The SMILES string of the molecule is CC1CC(NC2CCCCC2(C)C)CCN1C(=O)OC(C)(C)C. The van der Waals surface area contributed by atoms with Crippen molar-refractivity contribution in [3.8, 4) is 0 Å². The molecule has 23 heavy (non-hydrogen) atoms. The van der Waals surface area contributed by atoms with Crippen LogP contribution in [0.4, 0.5) is 4.79 Å². The molecule has 1 saturated carbocycles. The number of hydrogen-bond acceptors (Lipinski definition) is 3. The summed E-state index contributed by atoms with van der Waals surface area (Å²) in [5, 5.41) is 3.91. The van der Waals surface area contributed by atoms with Gasteiger partial charge in [-0.05, 0) is 58.8 Å². The second-order valence-electron chi connectivity index (χ2n) is 9.20. The minimum atomic E-state index is -0.419. The number of piperidine rings is 1. The van der Waals surface area contributed by atoms with Crippen LogP contribution in [-0.2, 0) is 4.74 Å². The molecule has 0 aromatic heterocycles. The Balaban J connectivity index is 1.87. The van der Waals surface area contributed by atoms with Crippen molar-refractivity contribution in [3.63, 3.8) is 0 Å². The lowest BCUT2D eigenvalue weighted by Gasteiger charge is -2.44. The fraction of sp³-hybridized carbons (Fsp3) is 0.947. The van der Waals surface area contributed by atoms with Crippen molar-refractivity contribution in [1.82, 2.24) is 10.2 Å². The number of amides is 1. The third-order valence-electron chi connectivity index (χ3n) is 5.45. The largest absolute Gasteiger partial charge is 0.444 e. The van der Waals surface area contributed by atoms with Crippen LogP contribution < -0.4 is 5.32 Å². The molecule has 0 bridgehead atoms. The molecule has 1 aliphatic heterocycles. The Kier molecular flexibility index (Phi) is 5.65. The Morgan fingerprint density at radius 3 is 2.48 bits per heavy atom. The van der Waals surface area contributed by atoms with E-state index in [9.17, 15) is 4.79 Å². The molecule has 1 N–H and O–H groups in total. The van der Waals surface area contributed by atoms with Crippen LogP contribution in [0.2, 0.25) is 0 Å². The van der Waals surface area contributed by atoms with Crippen LogP contribution in [-0.4, -0.2) is 41.3 Å². The summed E-state index contributed by atoms with van der Waals surface area (Å²) in [4.78, 5) is 14.2. The Morgan fingerprint density at radius 1 is 1.22 bits per heavy atom. The summed E-state index contributed by atoms with van der Waals surface area (Å²) < 4.78 is 5.53. The lowest BCUT2D eigenvalue weighted by molar-refractivity contribution is 0.00760. The number of likely N-dealkylation sites (tertiary alicyclic amines) is 1.